The van der Waals surface area contributed by atoms with Crippen LogP contribution in [0, 0.1) is 0 Å². The van der Waals surface area contributed by atoms with Crippen LogP contribution in [0.15, 0.2) is 24.0 Å². The highest BCUT2D eigenvalue weighted by molar-refractivity contribution is 5.00. The Hall–Kier alpha value is -0.760. The molecule has 2 nitrogen and oxygen atoms in total. The molecule has 0 atom stereocenters. The average molecular weight is 198 g/mol. The van der Waals surface area contributed by atoms with Gasteiger partial charge in [0.25, 0.3) is 0 Å². The lowest BCUT2D eigenvalue weighted by Gasteiger charge is -2.07. The molecule has 0 heterocycles. The minimum absolute atomic E-state index is 0.641. The molecule has 2 heteroatoms. The highest BCUT2D eigenvalue weighted by Gasteiger charge is 1.94. The Kier molecular flexibility index (Phi) is 9.76. The van der Waals surface area contributed by atoms with Gasteiger partial charge in [-0.2, -0.15) is 0 Å². The number of ether oxygens (including phenoxy) is 2. The third-order valence-electron chi connectivity index (χ3n) is 1.73. The van der Waals surface area contributed by atoms with Gasteiger partial charge >= 0.3 is 0 Å². The average Bonchev–Trinajstić information content (AvgIpc) is 2.18. The van der Waals surface area contributed by atoms with E-state index >= 15 is 0 Å². The third-order valence-corrected chi connectivity index (χ3v) is 1.73. The lowest BCUT2D eigenvalue weighted by Crippen LogP contribution is -2.01. The Labute approximate surface area is 87.6 Å². The van der Waals surface area contributed by atoms with Crippen LogP contribution in [0.3, 0.4) is 0 Å². The zero-order chi connectivity index (χ0) is 10.6. The van der Waals surface area contributed by atoms with Crippen LogP contribution < -0.4 is 0 Å². The molecule has 0 aromatic carbocycles. The van der Waals surface area contributed by atoms with E-state index < -0.39 is 0 Å². The van der Waals surface area contributed by atoms with E-state index in [1.165, 1.54) is 0 Å². The van der Waals surface area contributed by atoms with E-state index in [0.29, 0.717) is 13.2 Å². The molecule has 0 fully saturated rings. The van der Waals surface area contributed by atoms with Crippen LogP contribution in [0.1, 0.15) is 33.1 Å². The van der Waals surface area contributed by atoms with Crippen molar-refractivity contribution >= 4 is 0 Å². The van der Waals surface area contributed by atoms with Crippen LogP contribution in [-0.4, -0.2) is 20.3 Å². The van der Waals surface area contributed by atoms with Gasteiger partial charge < -0.3 is 9.47 Å². The first-order valence-corrected chi connectivity index (χ1v) is 5.30. The SMILES string of the molecule is CCC=CCC(=CCC)OCCOC. The summed E-state index contributed by atoms with van der Waals surface area (Å²) in [6.45, 7) is 5.54. The molecule has 0 aromatic rings. The zero-order valence-corrected chi connectivity index (χ0v) is 9.58. The van der Waals surface area contributed by atoms with Gasteiger partial charge in [0.05, 0.1) is 12.4 Å². The molecule has 0 unspecified atom stereocenters. The van der Waals surface area contributed by atoms with E-state index in [0.717, 1.165) is 25.0 Å². The summed E-state index contributed by atoms with van der Waals surface area (Å²) in [7, 11) is 1.68. The number of hydrogen-bond acceptors (Lipinski definition) is 2. The highest BCUT2D eigenvalue weighted by Crippen LogP contribution is 2.06. The van der Waals surface area contributed by atoms with Gasteiger partial charge in [0, 0.05) is 13.5 Å². The minimum atomic E-state index is 0.641. The standard InChI is InChI=1S/C12H22O2/c1-4-6-7-9-12(8-5-2)14-11-10-13-3/h6-8H,4-5,9-11H2,1-3H3. The van der Waals surface area contributed by atoms with Gasteiger partial charge in [-0.3, -0.25) is 0 Å². The monoisotopic (exact) mass is 198 g/mol. The number of methoxy groups -OCH3 is 1. The summed E-state index contributed by atoms with van der Waals surface area (Å²) in [5.41, 5.74) is 0. The molecule has 0 aromatic heterocycles. The van der Waals surface area contributed by atoms with Crippen molar-refractivity contribution in [2.75, 3.05) is 20.3 Å². The van der Waals surface area contributed by atoms with Gasteiger partial charge in [-0.05, 0) is 18.9 Å². The zero-order valence-electron chi connectivity index (χ0n) is 9.58. The van der Waals surface area contributed by atoms with Crippen LogP contribution in [0.25, 0.3) is 0 Å². The van der Waals surface area contributed by atoms with Gasteiger partial charge in [-0.15, -0.1) is 0 Å². The predicted octanol–water partition coefficient (Wildman–Crippen LogP) is 3.30. The van der Waals surface area contributed by atoms with Crippen molar-refractivity contribution in [3.63, 3.8) is 0 Å². The van der Waals surface area contributed by atoms with Crippen LogP contribution >= 0.6 is 0 Å². The molecule has 0 aliphatic carbocycles. The van der Waals surface area contributed by atoms with Crippen molar-refractivity contribution in [2.24, 2.45) is 0 Å². The fraction of sp³-hybridized carbons (Fsp3) is 0.667. The molecular formula is C12H22O2. The van der Waals surface area contributed by atoms with Gasteiger partial charge in [0.15, 0.2) is 0 Å². The Morgan fingerprint density at radius 3 is 2.43 bits per heavy atom. The maximum atomic E-state index is 5.55. The smallest absolute Gasteiger partial charge is 0.111 e. The first-order chi connectivity index (χ1) is 6.85. The largest absolute Gasteiger partial charge is 0.496 e. The second kappa shape index (κ2) is 10.3. The molecule has 82 valence electrons. The van der Waals surface area contributed by atoms with Crippen molar-refractivity contribution in [2.45, 2.75) is 33.1 Å². The van der Waals surface area contributed by atoms with E-state index in [9.17, 15) is 0 Å². The van der Waals surface area contributed by atoms with Crippen LogP contribution in [0.2, 0.25) is 0 Å². The number of allylic oxidation sites excluding steroid dienone is 3. The summed E-state index contributed by atoms with van der Waals surface area (Å²) in [6.07, 6.45) is 9.41. The summed E-state index contributed by atoms with van der Waals surface area (Å²) in [4.78, 5) is 0. The van der Waals surface area contributed by atoms with Crippen molar-refractivity contribution < 1.29 is 9.47 Å². The molecule has 0 N–H and O–H groups in total. The van der Waals surface area contributed by atoms with Crippen molar-refractivity contribution in [1.29, 1.82) is 0 Å². The Morgan fingerprint density at radius 2 is 1.86 bits per heavy atom. The minimum Gasteiger partial charge on any atom is -0.496 e. The van der Waals surface area contributed by atoms with Gasteiger partial charge in [-0.1, -0.05) is 26.0 Å². The van der Waals surface area contributed by atoms with E-state index in [1.54, 1.807) is 7.11 Å². The maximum absolute atomic E-state index is 5.55. The lowest BCUT2D eigenvalue weighted by atomic mass is 10.2. The first kappa shape index (κ1) is 13.2. The number of hydrogen-bond donors (Lipinski definition) is 0. The van der Waals surface area contributed by atoms with Gasteiger partial charge in [0.1, 0.15) is 6.61 Å². The van der Waals surface area contributed by atoms with Crippen LogP contribution in [0.4, 0.5) is 0 Å². The lowest BCUT2D eigenvalue weighted by molar-refractivity contribution is 0.107. The molecule has 0 aliphatic rings. The van der Waals surface area contributed by atoms with Gasteiger partial charge in [0.2, 0.25) is 0 Å². The van der Waals surface area contributed by atoms with Crippen molar-refractivity contribution in [3.8, 4) is 0 Å². The summed E-state index contributed by atoms with van der Waals surface area (Å²) in [6, 6.07) is 0. The second-order valence-electron chi connectivity index (χ2n) is 3.00. The molecule has 14 heavy (non-hydrogen) atoms. The molecule has 0 amide bonds. The molecule has 0 bridgehead atoms. The normalized spacial score (nSPS) is 12.4. The summed E-state index contributed by atoms with van der Waals surface area (Å²) in [5, 5.41) is 0. The molecular weight excluding hydrogens is 176 g/mol. The predicted molar refractivity (Wildman–Crippen MR) is 60.3 cm³/mol. The maximum Gasteiger partial charge on any atom is 0.111 e. The molecule has 0 saturated heterocycles. The van der Waals surface area contributed by atoms with Crippen molar-refractivity contribution in [1.82, 2.24) is 0 Å². The Morgan fingerprint density at radius 1 is 1.07 bits per heavy atom. The Bertz CT molecular complexity index is 171. The molecule has 0 radical (unpaired) electrons. The second-order valence-corrected chi connectivity index (χ2v) is 3.00. The molecule has 0 aliphatic heterocycles. The topological polar surface area (TPSA) is 18.5 Å². The van der Waals surface area contributed by atoms with E-state index in [-0.39, 0.29) is 0 Å². The Balaban J connectivity index is 3.78. The van der Waals surface area contributed by atoms with E-state index in [4.69, 9.17) is 9.47 Å². The van der Waals surface area contributed by atoms with Gasteiger partial charge in [-0.25, -0.2) is 0 Å². The van der Waals surface area contributed by atoms with E-state index in [1.807, 2.05) is 0 Å². The quantitative estimate of drug-likeness (QED) is 0.338. The fourth-order valence-corrected chi connectivity index (χ4v) is 1.05. The van der Waals surface area contributed by atoms with Crippen LogP contribution in [0.5, 0.6) is 0 Å². The highest BCUT2D eigenvalue weighted by atomic mass is 16.5. The van der Waals surface area contributed by atoms with Crippen LogP contribution in [-0.2, 0) is 9.47 Å². The summed E-state index contributed by atoms with van der Waals surface area (Å²) >= 11 is 0. The third kappa shape index (κ3) is 7.87. The van der Waals surface area contributed by atoms with Crippen molar-refractivity contribution in [3.05, 3.63) is 24.0 Å². The van der Waals surface area contributed by atoms with E-state index in [2.05, 4.69) is 32.1 Å². The summed E-state index contributed by atoms with van der Waals surface area (Å²) in [5.74, 6) is 1.05. The first-order valence-electron chi connectivity index (χ1n) is 5.30. The molecule has 0 spiro atoms. The fourth-order valence-electron chi connectivity index (χ4n) is 1.05. The molecule has 0 rings (SSSR count). The summed E-state index contributed by atoms with van der Waals surface area (Å²) < 4.78 is 10.5. The number of rotatable bonds is 8. The molecule has 0 saturated carbocycles.